The second-order valence-corrected chi connectivity index (χ2v) is 4.75. The molecule has 1 N–H and O–H groups in total. The van der Waals surface area contributed by atoms with E-state index in [0.717, 1.165) is 32.5 Å². The van der Waals surface area contributed by atoms with Crippen molar-refractivity contribution in [2.45, 2.75) is 32.3 Å². The van der Waals surface area contributed by atoms with Gasteiger partial charge in [0, 0.05) is 13.2 Å². The zero-order valence-electron chi connectivity index (χ0n) is 9.86. The second-order valence-electron chi connectivity index (χ2n) is 4.75. The standard InChI is InChI=1S/C14H20O2/c1-11-4-2-3-5-13(11)9-14(15)8-12-6-7-16-10-12/h2-5,12,14-15H,6-10H2,1H3. The van der Waals surface area contributed by atoms with Crippen LogP contribution in [0.15, 0.2) is 24.3 Å². The van der Waals surface area contributed by atoms with Crippen molar-refractivity contribution in [3.8, 4) is 0 Å². The Hall–Kier alpha value is -0.860. The molecule has 0 amide bonds. The molecule has 1 heterocycles. The molecule has 1 aromatic carbocycles. The highest BCUT2D eigenvalue weighted by Gasteiger charge is 2.19. The first-order valence-corrected chi connectivity index (χ1v) is 6.06. The van der Waals surface area contributed by atoms with E-state index < -0.39 is 0 Å². The van der Waals surface area contributed by atoms with E-state index in [0.29, 0.717) is 5.92 Å². The summed E-state index contributed by atoms with van der Waals surface area (Å²) >= 11 is 0. The molecular weight excluding hydrogens is 200 g/mol. The minimum atomic E-state index is -0.229. The van der Waals surface area contributed by atoms with Gasteiger partial charge in [-0.1, -0.05) is 24.3 Å². The molecule has 0 spiro atoms. The summed E-state index contributed by atoms with van der Waals surface area (Å²) in [5.74, 6) is 0.555. The molecule has 88 valence electrons. The molecule has 2 heteroatoms. The first-order chi connectivity index (χ1) is 7.75. The van der Waals surface area contributed by atoms with E-state index in [1.54, 1.807) is 0 Å². The number of benzene rings is 1. The zero-order chi connectivity index (χ0) is 11.4. The quantitative estimate of drug-likeness (QED) is 0.844. The van der Waals surface area contributed by atoms with E-state index in [-0.39, 0.29) is 6.10 Å². The van der Waals surface area contributed by atoms with Gasteiger partial charge in [-0.3, -0.25) is 0 Å². The molecule has 0 saturated carbocycles. The summed E-state index contributed by atoms with van der Waals surface area (Å²) in [5, 5.41) is 10.0. The molecule has 2 rings (SSSR count). The smallest absolute Gasteiger partial charge is 0.0584 e. The Kier molecular flexibility index (Phi) is 3.97. The number of aliphatic hydroxyl groups excluding tert-OH is 1. The van der Waals surface area contributed by atoms with Crippen molar-refractivity contribution in [1.82, 2.24) is 0 Å². The first-order valence-electron chi connectivity index (χ1n) is 6.06. The third-order valence-electron chi connectivity index (χ3n) is 3.35. The van der Waals surface area contributed by atoms with Gasteiger partial charge in [-0.05, 0) is 43.2 Å². The predicted molar refractivity (Wildman–Crippen MR) is 64.4 cm³/mol. The number of aryl methyl sites for hydroxylation is 1. The van der Waals surface area contributed by atoms with Gasteiger partial charge >= 0.3 is 0 Å². The van der Waals surface area contributed by atoms with Gasteiger partial charge in [0.1, 0.15) is 0 Å². The van der Waals surface area contributed by atoms with Gasteiger partial charge < -0.3 is 9.84 Å². The van der Waals surface area contributed by atoms with Crippen molar-refractivity contribution in [3.63, 3.8) is 0 Å². The molecule has 1 aliphatic heterocycles. The Bertz CT molecular complexity index is 329. The normalized spacial score (nSPS) is 22.2. The maximum atomic E-state index is 10.0. The summed E-state index contributed by atoms with van der Waals surface area (Å²) in [7, 11) is 0. The summed E-state index contributed by atoms with van der Waals surface area (Å²) in [6, 6.07) is 8.27. The van der Waals surface area contributed by atoms with Gasteiger partial charge in [0.25, 0.3) is 0 Å². The van der Waals surface area contributed by atoms with Gasteiger partial charge in [0.2, 0.25) is 0 Å². The molecule has 0 radical (unpaired) electrons. The Morgan fingerprint density at radius 3 is 2.94 bits per heavy atom. The number of rotatable bonds is 4. The zero-order valence-corrected chi connectivity index (χ0v) is 9.86. The minimum absolute atomic E-state index is 0.229. The molecule has 1 aliphatic rings. The fraction of sp³-hybridized carbons (Fsp3) is 0.571. The molecule has 16 heavy (non-hydrogen) atoms. The summed E-state index contributed by atoms with van der Waals surface area (Å²) in [4.78, 5) is 0. The van der Waals surface area contributed by atoms with E-state index in [4.69, 9.17) is 4.74 Å². The molecule has 0 bridgehead atoms. The Balaban J connectivity index is 1.86. The van der Waals surface area contributed by atoms with Crippen molar-refractivity contribution >= 4 is 0 Å². The highest BCUT2D eigenvalue weighted by molar-refractivity contribution is 5.26. The van der Waals surface area contributed by atoms with E-state index in [1.165, 1.54) is 11.1 Å². The van der Waals surface area contributed by atoms with Crippen LogP contribution in [-0.2, 0) is 11.2 Å². The second kappa shape index (κ2) is 5.46. The molecule has 1 aromatic rings. The Labute approximate surface area is 97.3 Å². The molecule has 1 saturated heterocycles. The molecule has 0 aliphatic carbocycles. The summed E-state index contributed by atoms with van der Waals surface area (Å²) < 4.78 is 5.32. The van der Waals surface area contributed by atoms with Crippen LogP contribution < -0.4 is 0 Å². The van der Waals surface area contributed by atoms with Gasteiger partial charge in [-0.25, -0.2) is 0 Å². The lowest BCUT2D eigenvalue weighted by Crippen LogP contribution is -2.16. The molecule has 2 nitrogen and oxygen atoms in total. The molecular formula is C14H20O2. The predicted octanol–water partition coefficient (Wildman–Crippen LogP) is 2.33. The Morgan fingerprint density at radius 2 is 2.25 bits per heavy atom. The summed E-state index contributed by atoms with van der Waals surface area (Å²) in [5.41, 5.74) is 2.53. The fourth-order valence-electron chi connectivity index (χ4n) is 2.33. The molecule has 2 unspecified atom stereocenters. The van der Waals surface area contributed by atoms with Crippen LogP contribution in [0.1, 0.15) is 24.0 Å². The third kappa shape index (κ3) is 3.06. The van der Waals surface area contributed by atoms with E-state index >= 15 is 0 Å². The van der Waals surface area contributed by atoms with Crippen molar-refractivity contribution in [2.75, 3.05) is 13.2 Å². The van der Waals surface area contributed by atoms with Crippen LogP contribution in [0, 0.1) is 12.8 Å². The van der Waals surface area contributed by atoms with Gasteiger partial charge in [-0.2, -0.15) is 0 Å². The average Bonchev–Trinajstić information content (AvgIpc) is 2.74. The number of ether oxygens (including phenoxy) is 1. The van der Waals surface area contributed by atoms with E-state index in [1.807, 2.05) is 12.1 Å². The van der Waals surface area contributed by atoms with Crippen molar-refractivity contribution in [3.05, 3.63) is 35.4 Å². The molecule has 2 atom stereocenters. The summed E-state index contributed by atoms with van der Waals surface area (Å²) in [6.45, 7) is 3.79. The van der Waals surface area contributed by atoms with E-state index in [2.05, 4.69) is 19.1 Å². The highest BCUT2D eigenvalue weighted by Crippen LogP contribution is 2.20. The van der Waals surface area contributed by atoms with Gasteiger partial charge in [-0.15, -0.1) is 0 Å². The van der Waals surface area contributed by atoms with Crippen LogP contribution in [-0.4, -0.2) is 24.4 Å². The van der Waals surface area contributed by atoms with Crippen LogP contribution in [0.2, 0.25) is 0 Å². The minimum Gasteiger partial charge on any atom is -0.393 e. The lowest BCUT2D eigenvalue weighted by atomic mass is 9.95. The molecule has 1 fully saturated rings. The van der Waals surface area contributed by atoms with E-state index in [9.17, 15) is 5.11 Å². The van der Waals surface area contributed by atoms with Crippen LogP contribution in [0.4, 0.5) is 0 Å². The van der Waals surface area contributed by atoms with Crippen molar-refractivity contribution < 1.29 is 9.84 Å². The van der Waals surface area contributed by atoms with Crippen molar-refractivity contribution in [1.29, 1.82) is 0 Å². The molecule has 0 aromatic heterocycles. The number of hydrogen-bond donors (Lipinski definition) is 1. The van der Waals surface area contributed by atoms with Crippen LogP contribution in [0.5, 0.6) is 0 Å². The maximum Gasteiger partial charge on any atom is 0.0584 e. The fourth-order valence-corrected chi connectivity index (χ4v) is 2.33. The van der Waals surface area contributed by atoms with Crippen LogP contribution >= 0.6 is 0 Å². The van der Waals surface area contributed by atoms with Crippen molar-refractivity contribution in [2.24, 2.45) is 5.92 Å². The lowest BCUT2D eigenvalue weighted by molar-refractivity contribution is 0.128. The van der Waals surface area contributed by atoms with Crippen LogP contribution in [0.25, 0.3) is 0 Å². The highest BCUT2D eigenvalue weighted by atomic mass is 16.5. The largest absolute Gasteiger partial charge is 0.393 e. The topological polar surface area (TPSA) is 29.5 Å². The average molecular weight is 220 g/mol. The summed E-state index contributed by atoms with van der Waals surface area (Å²) in [6.07, 6.45) is 2.51. The number of hydrogen-bond acceptors (Lipinski definition) is 2. The van der Waals surface area contributed by atoms with Gasteiger partial charge in [0.15, 0.2) is 0 Å². The van der Waals surface area contributed by atoms with Gasteiger partial charge in [0.05, 0.1) is 6.10 Å². The Morgan fingerprint density at radius 1 is 1.44 bits per heavy atom. The third-order valence-corrected chi connectivity index (χ3v) is 3.35. The maximum absolute atomic E-state index is 10.0. The first kappa shape index (κ1) is 11.6. The monoisotopic (exact) mass is 220 g/mol. The SMILES string of the molecule is Cc1ccccc1CC(O)CC1CCOC1. The lowest BCUT2D eigenvalue weighted by Gasteiger charge is -2.15. The number of aliphatic hydroxyl groups is 1. The van der Waals surface area contributed by atoms with Crippen LogP contribution in [0.3, 0.4) is 0 Å².